The van der Waals surface area contributed by atoms with Crippen LogP contribution in [-0.2, 0) is 60.6 Å². The molecular formula is C72H139NNa2O16P2. The van der Waals surface area contributed by atoms with Crippen molar-refractivity contribution in [3.63, 3.8) is 0 Å². The van der Waals surface area contributed by atoms with Crippen LogP contribution >= 0.6 is 15.6 Å². The number of phosphoric acid groups is 2. The van der Waals surface area contributed by atoms with Crippen molar-refractivity contribution in [2.24, 2.45) is 0 Å². The maximum Gasteiger partial charge on any atom is 1.00 e. The van der Waals surface area contributed by atoms with Gasteiger partial charge in [-0.25, -0.2) is 0 Å². The van der Waals surface area contributed by atoms with E-state index in [0.717, 1.165) is 89.9 Å². The van der Waals surface area contributed by atoms with Crippen LogP contribution in [0.15, 0.2) is 0 Å². The van der Waals surface area contributed by atoms with Crippen LogP contribution in [0.4, 0.5) is 0 Å². The molecule has 0 aromatic heterocycles. The van der Waals surface area contributed by atoms with E-state index in [9.17, 15) is 43.2 Å². The molecule has 0 saturated carbocycles. The Balaban J connectivity index is -0.0000405. The molecule has 5 unspecified atom stereocenters. The van der Waals surface area contributed by atoms with E-state index in [1.807, 2.05) is 0 Å². The number of hydrogen-bond donors (Lipinski definition) is 2. The first-order valence-corrected chi connectivity index (χ1v) is 40.8. The van der Waals surface area contributed by atoms with Crippen LogP contribution in [0.5, 0.6) is 0 Å². The largest absolute Gasteiger partial charge is 1.00 e. The van der Waals surface area contributed by atoms with Crippen molar-refractivity contribution in [3.8, 4) is 0 Å². The number of amides is 1. The van der Waals surface area contributed by atoms with E-state index in [2.05, 4.69) is 33.0 Å². The van der Waals surface area contributed by atoms with Crippen molar-refractivity contribution < 1.29 is 135 Å². The van der Waals surface area contributed by atoms with Crippen molar-refractivity contribution in [3.05, 3.63) is 0 Å². The van der Waals surface area contributed by atoms with Gasteiger partial charge >= 0.3 is 77.0 Å². The van der Waals surface area contributed by atoms with Gasteiger partial charge in [-0.3, -0.25) is 32.8 Å². The topological polar surface area (TPSA) is 245 Å². The monoisotopic (exact) mass is 1380 g/mol. The summed E-state index contributed by atoms with van der Waals surface area (Å²) in [6.45, 7) is 5.19. The second kappa shape index (κ2) is 73.3. The normalized spacial score (nSPS) is 13.7. The fourth-order valence-corrected chi connectivity index (χ4v) is 12.8. The fraction of sp³-hybridized carbons (Fsp3) is 0.944. The second-order valence-electron chi connectivity index (χ2n) is 26.1. The molecule has 0 saturated heterocycles. The van der Waals surface area contributed by atoms with E-state index in [1.165, 1.54) is 218 Å². The first-order valence-electron chi connectivity index (χ1n) is 37.9. The number of carbonyl (C=O) groups is 4. The van der Waals surface area contributed by atoms with Gasteiger partial charge in [0.25, 0.3) is 15.6 Å². The number of esters is 3. The van der Waals surface area contributed by atoms with Crippen LogP contribution in [0.1, 0.15) is 387 Å². The minimum atomic E-state index is -5.39. The molecule has 0 spiro atoms. The molecule has 0 bridgehead atoms. The zero-order chi connectivity index (χ0) is 66.8. The maximum absolute atomic E-state index is 13.1. The Labute approximate surface area is 613 Å². The molecule has 17 nitrogen and oxygen atoms in total. The molecule has 0 fully saturated rings. The van der Waals surface area contributed by atoms with Crippen LogP contribution in [0.3, 0.4) is 0 Å². The van der Waals surface area contributed by atoms with Gasteiger partial charge in [0.2, 0.25) is 12.2 Å². The first kappa shape index (κ1) is 97.2. The number of carbonyl (C=O) groups excluding carboxylic acids is 4. The van der Waals surface area contributed by atoms with Crippen molar-refractivity contribution in [1.29, 1.82) is 0 Å². The van der Waals surface area contributed by atoms with Gasteiger partial charge in [-0.05, 0) is 25.7 Å². The Morgan fingerprint density at radius 1 is 0.333 bits per heavy atom. The number of unbranched alkanes of at least 4 members (excludes halogenated alkanes) is 48. The van der Waals surface area contributed by atoms with Crippen molar-refractivity contribution in [1.82, 2.24) is 5.32 Å². The van der Waals surface area contributed by atoms with Gasteiger partial charge in [0.1, 0.15) is 12.7 Å². The van der Waals surface area contributed by atoms with Gasteiger partial charge in [0.15, 0.2) is 6.61 Å². The molecular weight excluding hydrogens is 1240 g/mol. The smallest absolute Gasteiger partial charge is 0.756 e. The molecule has 5 atom stereocenters. The van der Waals surface area contributed by atoms with Crippen LogP contribution in [0.25, 0.3) is 0 Å². The molecule has 1 amide bonds. The van der Waals surface area contributed by atoms with E-state index in [1.54, 1.807) is 0 Å². The maximum atomic E-state index is 13.1. The van der Waals surface area contributed by atoms with Gasteiger partial charge in [-0.2, -0.15) is 0 Å². The molecule has 0 rings (SSSR count). The van der Waals surface area contributed by atoms with Gasteiger partial charge < -0.3 is 48.0 Å². The summed E-state index contributed by atoms with van der Waals surface area (Å²) in [5.74, 6) is -2.18. The summed E-state index contributed by atoms with van der Waals surface area (Å²) in [5.41, 5.74) is 0. The zero-order valence-electron chi connectivity index (χ0n) is 60.8. The zero-order valence-corrected chi connectivity index (χ0v) is 66.6. The average molecular weight is 1380 g/mol. The van der Waals surface area contributed by atoms with E-state index in [0.29, 0.717) is 25.7 Å². The van der Waals surface area contributed by atoms with Gasteiger partial charge in [0.05, 0.1) is 25.9 Å². The number of rotatable bonds is 73. The second-order valence-corrected chi connectivity index (χ2v) is 28.8. The van der Waals surface area contributed by atoms with E-state index < -0.39 is 78.4 Å². The van der Waals surface area contributed by atoms with Gasteiger partial charge in [-0.1, -0.05) is 336 Å². The Morgan fingerprint density at radius 3 is 0.892 bits per heavy atom. The van der Waals surface area contributed by atoms with Crippen molar-refractivity contribution in [2.45, 2.75) is 406 Å². The molecule has 21 heteroatoms. The number of phosphoric ester groups is 2. The molecule has 0 aliphatic rings. The summed E-state index contributed by atoms with van der Waals surface area (Å²) in [6, 6.07) is -1.04. The SMILES string of the molecule is CCCCCCCCCCCCCCCC(=O)NC(COC(=O)CCCCCCCCCCCCCCC)COP(=O)([O-])OCC(O)COP(=O)([O-])OC(COC(=O)CCCCCCCCCCCCCCC)OC(=O)CCCCCCCCCCCCCCC.[Na+].[Na+]. The molecule has 0 aromatic carbocycles. The predicted molar refractivity (Wildman–Crippen MR) is 365 cm³/mol. The van der Waals surface area contributed by atoms with E-state index in [-0.39, 0.29) is 97.3 Å². The molecule has 0 heterocycles. The first-order chi connectivity index (χ1) is 44.2. The predicted octanol–water partition coefficient (Wildman–Crippen LogP) is 13.7. The third-order valence-corrected chi connectivity index (χ3v) is 18.8. The average Bonchev–Trinajstić information content (AvgIpc) is 2.22. The standard InChI is InChI=1S/C72H141NO16P2.2Na/c1-5-9-13-17-21-25-29-33-37-41-45-49-53-57-68(75)73-66(61-83-69(76)58-54-50-46-42-38-34-30-26-22-18-14-10-6-2)62-85-90(79,80)86-63-67(74)64-87-91(81,82)89-72(88-71(78)60-56-52-48-44-40-36-32-28-24-20-16-12-8-4)65-84-70(77)59-55-51-47-43-39-35-31-27-23-19-15-11-7-3;;/h66-67,72,74H,5-65H2,1-4H3,(H,73,75)(H,79,80)(H,81,82);;/q;2*+1/p-2. The van der Waals surface area contributed by atoms with Crippen molar-refractivity contribution >= 4 is 39.5 Å². The van der Waals surface area contributed by atoms with E-state index in [4.69, 9.17) is 32.3 Å². The van der Waals surface area contributed by atoms with Crippen LogP contribution in [0.2, 0.25) is 0 Å². The number of hydrogen-bond acceptors (Lipinski definition) is 16. The van der Waals surface area contributed by atoms with Crippen LogP contribution < -0.4 is 74.2 Å². The Bertz CT molecular complexity index is 1760. The summed E-state index contributed by atoms with van der Waals surface area (Å²) >= 11 is 0. The summed E-state index contributed by atoms with van der Waals surface area (Å²) in [4.78, 5) is 77.7. The molecule has 0 aromatic rings. The summed E-state index contributed by atoms with van der Waals surface area (Å²) in [6.07, 6.45) is 56.3. The van der Waals surface area contributed by atoms with E-state index >= 15 is 0 Å². The number of nitrogens with one attached hydrogen (secondary N) is 1. The molecule has 2 N–H and O–H groups in total. The fourth-order valence-electron chi connectivity index (χ4n) is 11.2. The van der Waals surface area contributed by atoms with Gasteiger partial charge in [-0.15, -0.1) is 0 Å². The Morgan fingerprint density at radius 2 is 0.581 bits per heavy atom. The minimum Gasteiger partial charge on any atom is -0.756 e. The Kier molecular flexibility index (Phi) is 76.6. The third kappa shape index (κ3) is 73.1. The third-order valence-electron chi connectivity index (χ3n) is 16.9. The molecule has 0 aliphatic carbocycles. The van der Waals surface area contributed by atoms with Crippen LogP contribution in [0, 0.1) is 0 Å². The number of aliphatic hydroxyl groups is 1. The van der Waals surface area contributed by atoms with Gasteiger partial charge in [0, 0.05) is 25.7 Å². The quantitative estimate of drug-likeness (QED) is 0.0144. The van der Waals surface area contributed by atoms with Crippen LogP contribution in [-0.4, -0.2) is 80.4 Å². The molecule has 0 aliphatic heterocycles. The van der Waals surface area contributed by atoms with Crippen molar-refractivity contribution in [2.75, 3.05) is 33.0 Å². The summed E-state index contributed by atoms with van der Waals surface area (Å²) < 4.78 is 62.1. The number of aliphatic hydroxyl groups excluding tert-OH is 1. The summed E-state index contributed by atoms with van der Waals surface area (Å²) in [7, 11) is -10.6. The minimum absolute atomic E-state index is 0. The molecule has 93 heavy (non-hydrogen) atoms. The molecule has 540 valence electrons. The Hall–Kier alpha value is 0.0600. The molecule has 0 radical (unpaired) electrons. The number of ether oxygens (including phenoxy) is 3. The summed E-state index contributed by atoms with van der Waals surface area (Å²) in [5, 5.41) is 13.3.